The topological polar surface area (TPSA) is 97.3 Å². The van der Waals surface area contributed by atoms with Gasteiger partial charge in [0, 0.05) is 19.5 Å². The van der Waals surface area contributed by atoms with Crippen molar-refractivity contribution in [1.82, 2.24) is 10.2 Å². The van der Waals surface area contributed by atoms with Crippen LogP contribution in [0.25, 0.3) is 0 Å². The molecule has 2 fully saturated rings. The fourth-order valence-corrected chi connectivity index (χ4v) is 4.61. The maximum atomic E-state index is 12.6. The number of carbonyl (C=O) groups excluding carboxylic acids is 2. The Bertz CT molecular complexity index is 967. The van der Waals surface area contributed by atoms with E-state index >= 15 is 0 Å². The third-order valence-electron chi connectivity index (χ3n) is 6.41. The van der Waals surface area contributed by atoms with Gasteiger partial charge in [0.2, 0.25) is 11.8 Å². The first-order valence-electron chi connectivity index (χ1n) is 12.3. The monoisotopic (exact) mass is 482 g/mol. The lowest BCUT2D eigenvalue weighted by Gasteiger charge is -2.44. The zero-order chi connectivity index (χ0) is 24.6. The first-order chi connectivity index (χ1) is 17.0. The molecule has 2 heterocycles. The Morgan fingerprint density at radius 2 is 1.80 bits per heavy atom. The molecule has 2 aliphatic rings. The van der Waals surface area contributed by atoms with E-state index in [1.165, 1.54) is 0 Å². The second-order valence-corrected chi connectivity index (χ2v) is 9.07. The van der Waals surface area contributed by atoms with Crippen LogP contribution in [0, 0.1) is 0 Å². The van der Waals surface area contributed by atoms with Gasteiger partial charge in [0.05, 0.1) is 37.9 Å². The van der Waals surface area contributed by atoms with Crippen LogP contribution in [0.2, 0.25) is 0 Å². The Morgan fingerprint density at radius 3 is 2.54 bits per heavy atom. The Balaban J connectivity index is 1.25. The summed E-state index contributed by atoms with van der Waals surface area (Å²) in [6.07, 6.45) is 0.780. The molecule has 0 bridgehead atoms. The number of aliphatic hydroxyl groups excluding tert-OH is 1. The molecule has 4 atom stereocenters. The molecule has 0 aromatic heterocycles. The maximum Gasteiger partial charge on any atom is 0.222 e. The maximum absolute atomic E-state index is 12.6. The van der Waals surface area contributed by atoms with Gasteiger partial charge in [-0.2, -0.15) is 0 Å². The van der Waals surface area contributed by atoms with Crippen molar-refractivity contribution in [3.63, 3.8) is 0 Å². The van der Waals surface area contributed by atoms with Gasteiger partial charge in [0.25, 0.3) is 0 Å². The lowest BCUT2D eigenvalue weighted by Crippen LogP contribution is -2.57. The minimum Gasteiger partial charge on any atom is -0.457 e. The summed E-state index contributed by atoms with van der Waals surface area (Å²) in [5.74, 6) is 1.43. The van der Waals surface area contributed by atoms with Gasteiger partial charge in [0.1, 0.15) is 17.6 Å². The number of carbonyl (C=O) groups is 2. The summed E-state index contributed by atoms with van der Waals surface area (Å²) in [6.45, 7) is 2.95. The average molecular weight is 483 g/mol. The number of benzene rings is 2. The van der Waals surface area contributed by atoms with Crippen molar-refractivity contribution in [2.45, 2.75) is 63.5 Å². The highest BCUT2D eigenvalue weighted by atomic mass is 16.5. The Hall–Kier alpha value is -2.94. The van der Waals surface area contributed by atoms with E-state index in [2.05, 4.69) is 5.32 Å². The summed E-state index contributed by atoms with van der Waals surface area (Å²) in [7, 11) is 0. The van der Waals surface area contributed by atoms with Crippen molar-refractivity contribution in [1.29, 1.82) is 0 Å². The fraction of sp³-hybridized carbons (Fsp3) is 0.481. The van der Waals surface area contributed by atoms with E-state index in [-0.39, 0.29) is 49.6 Å². The highest BCUT2D eigenvalue weighted by Crippen LogP contribution is 2.28. The van der Waals surface area contributed by atoms with Crippen LogP contribution in [0.15, 0.2) is 54.6 Å². The molecule has 2 aliphatic heterocycles. The lowest BCUT2D eigenvalue weighted by atomic mass is 9.94. The van der Waals surface area contributed by atoms with Gasteiger partial charge in [-0.1, -0.05) is 37.3 Å². The number of hydrogen-bond donors (Lipinski definition) is 2. The molecular formula is C27H34N2O6. The van der Waals surface area contributed by atoms with Gasteiger partial charge in [-0.25, -0.2) is 0 Å². The Kier molecular flexibility index (Phi) is 8.74. The number of nitrogens with one attached hydrogen (secondary N) is 1. The Labute approximate surface area is 206 Å². The van der Waals surface area contributed by atoms with E-state index in [0.717, 1.165) is 17.1 Å². The van der Waals surface area contributed by atoms with Crippen LogP contribution in [0.5, 0.6) is 11.5 Å². The molecule has 0 unspecified atom stereocenters. The fourth-order valence-electron chi connectivity index (χ4n) is 4.61. The zero-order valence-electron chi connectivity index (χ0n) is 20.1. The average Bonchev–Trinajstić information content (AvgIpc) is 2.86. The Morgan fingerprint density at radius 1 is 1.06 bits per heavy atom. The van der Waals surface area contributed by atoms with Crippen LogP contribution in [-0.4, -0.2) is 65.9 Å². The number of para-hydroxylation sites is 1. The van der Waals surface area contributed by atoms with Crippen LogP contribution in [0.4, 0.5) is 0 Å². The number of β-amino-alcohol motifs (C(OH)–C–C–N with tert-alkyl or cyclic N) is 1. The first kappa shape index (κ1) is 25.2. The third-order valence-corrected chi connectivity index (χ3v) is 6.41. The van der Waals surface area contributed by atoms with Gasteiger partial charge in [-0.05, 0) is 42.7 Å². The lowest BCUT2D eigenvalue weighted by molar-refractivity contribution is -0.169. The smallest absolute Gasteiger partial charge is 0.222 e. The number of nitrogens with zero attached hydrogens (tertiary/aromatic N) is 1. The van der Waals surface area contributed by atoms with Crippen molar-refractivity contribution in [2.24, 2.45) is 0 Å². The molecule has 0 radical (unpaired) electrons. The van der Waals surface area contributed by atoms with E-state index < -0.39 is 6.10 Å². The molecular weight excluding hydrogens is 448 g/mol. The summed E-state index contributed by atoms with van der Waals surface area (Å²) in [6, 6.07) is 17.1. The number of hydrogen-bond acceptors (Lipinski definition) is 6. The van der Waals surface area contributed by atoms with Crippen molar-refractivity contribution in [2.75, 3.05) is 19.8 Å². The van der Waals surface area contributed by atoms with E-state index in [0.29, 0.717) is 32.4 Å². The number of amides is 2. The summed E-state index contributed by atoms with van der Waals surface area (Å²) in [5, 5.41) is 13.1. The summed E-state index contributed by atoms with van der Waals surface area (Å²) in [4.78, 5) is 26.8. The largest absolute Gasteiger partial charge is 0.457 e. The second kappa shape index (κ2) is 12.2. The highest BCUT2D eigenvalue weighted by molar-refractivity contribution is 5.77. The van der Waals surface area contributed by atoms with Gasteiger partial charge in [-0.15, -0.1) is 0 Å². The van der Waals surface area contributed by atoms with Gasteiger partial charge < -0.3 is 29.5 Å². The van der Waals surface area contributed by atoms with Crippen molar-refractivity contribution >= 4 is 11.8 Å². The molecule has 2 aromatic carbocycles. The molecule has 2 saturated heterocycles. The van der Waals surface area contributed by atoms with E-state index in [9.17, 15) is 14.7 Å². The highest BCUT2D eigenvalue weighted by Gasteiger charge is 2.39. The van der Waals surface area contributed by atoms with Crippen LogP contribution < -0.4 is 10.1 Å². The van der Waals surface area contributed by atoms with Crippen LogP contribution in [0.3, 0.4) is 0 Å². The molecule has 2 amide bonds. The molecule has 35 heavy (non-hydrogen) atoms. The molecule has 4 rings (SSSR count). The van der Waals surface area contributed by atoms with E-state index in [1.54, 1.807) is 4.90 Å². The molecule has 8 heteroatoms. The molecule has 8 nitrogen and oxygen atoms in total. The van der Waals surface area contributed by atoms with E-state index in [4.69, 9.17) is 14.2 Å². The molecule has 2 aromatic rings. The first-order valence-corrected chi connectivity index (χ1v) is 12.3. The SMILES string of the molecule is CCC(=O)N1C[C@H](O)COC[C@@H]2O[C@@H](CC(=O)NCc3ccc(Oc4ccccc4)cc3)CC[C@H]21. The van der Waals surface area contributed by atoms with Crippen LogP contribution in [-0.2, 0) is 25.6 Å². The molecule has 2 N–H and O–H groups in total. The normalized spacial score (nSPS) is 24.6. The summed E-state index contributed by atoms with van der Waals surface area (Å²) < 4.78 is 17.6. The minimum atomic E-state index is -0.700. The van der Waals surface area contributed by atoms with Crippen molar-refractivity contribution in [3.05, 3.63) is 60.2 Å². The third kappa shape index (κ3) is 7.04. The van der Waals surface area contributed by atoms with Crippen LogP contribution >= 0.6 is 0 Å². The minimum absolute atomic E-state index is 0.000861. The zero-order valence-corrected chi connectivity index (χ0v) is 20.1. The predicted octanol–water partition coefficient (Wildman–Crippen LogP) is 3.03. The number of aliphatic hydroxyl groups is 1. The summed E-state index contributed by atoms with van der Waals surface area (Å²) >= 11 is 0. The predicted molar refractivity (Wildman–Crippen MR) is 130 cm³/mol. The van der Waals surface area contributed by atoms with Crippen LogP contribution in [0.1, 0.15) is 38.2 Å². The second-order valence-electron chi connectivity index (χ2n) is 9.07. The van der Waals surface area contributed by atoms with Gasteiger partial charge in [-0.3, -0.25) is 9.59 Å². The van der Waals surface area contributed by atoms with Gasteiger partial charge in [0.15, 0.2) is 0 Å². The molecule has 0 aliphatic carbocycles. The molecule has 0 spiro atoms. The summed E-state index contributed by atoms with van der Waals surface area (Å²) in [5.41, 5.74) is 0.976. The number of fused-ring (bicyclic) bond motifs is 1. The van der Waals surface area contributed by atoms with Crippen molar-refractivity contribution < 1.29 is 28.9 Å². The standard InChI is InChI=1S/C27H34N2O6/c1-2-27(32)29-16-20(30)17-33-18-25-24(29)13-12-23(35-25)14-26(31)28-15-19-8-10-22(11-9-19)34-21-6-4-3-5-7-21/h3-11,20,23-25,30H,2,12-18H2,1H3,(H,28,31)/t20-,23+,24+,25-/m0/s1. The number of ether oxygens (including phenoxy) is 3. The van der Waals surface area contributed by atoms with Crippen molar-refractivity contribution in [3.8, 4) is 11.5 Å². The molecule has 0 saturated carbocycles. The molecule has 188 valence electrons. The quantitative estimate of drug-likeness (QED) is 0.630. The number of rotatable bonds is 7. The van der Waals surface area contributed by atoms with Gasteiger partial charge >= 0.3 is 0 Å². The van der Waals surface area contributed by atoms with E-state index in [1.807, 2.05) is 61.5 Å².